The van der Waals surface area contributed by atoms with Crippen molar-refractivity contribution in [3.63, 3.8) is 0 Å². The van der Waals surface area contributed by atoms with Gasteiger partial charge < -0.3 is 4.52 Å². The van der Waals surface area contributed by atoms with Gasteiger partial charge >= 0.3 is 0 Å². The average molecular weight is 215 g/mol. The predicted octanol–water partition coefficient (Wildman–Crippen LogP) is 2.85. The maximum absolute atomic E-state index is 5.55. The van der Waals surface area contributed by atoms with Gasteiger partial charge in [0.15, 0.2) is 5.82 Å². The van der Waals surface area contributed by atoms with Gasteiger partial charge in [-0.2, -0.15) is 4.98 Å². The van der Waals surface area contributed by atoms with Gasteiger partial charge in [-0.05, 0) is 19.1 Å². The van der Waals surface area contributed by atoms with Crippen LogP contribution in [0.15, 0.2) is 16.7 Å². The molecule has 0 saturated heterocycles. The third-order valence-electron chi connectivity index (χ3n) is 1.54. The zero-order valence-corrected chi connectivity index (χ0v) is 8.52. The normalized spacial score (nSPS) is 10.6. The molecule has 0 atom stereocenters. The van der Waals surface area contributed by atoms with E-state index in [-0.39, 0.29) is 5.88 Å². The molecular formula is C8H7ClN2OS. The Labute approximate surface area is 84.3 Å². The van der Waals surface area contributed by atoms with Crippen LogP contribution in [-0.2, 0) is 5.88 Å². The fourth-order valence-corrected chi connectivity index (χ4v) is 1.86. The highest BCUT2D eigenvalue weighted by Crippen LogP contribution is 2.25. The number of aromatic nitrogens is 2. The Morgan fingerprint density at radius 3 is 2.92 bits per heavy atom. The molecule has 0 amide bonds. The van der Waals surface area contributed by atoms with Crippen LogP contribution in [0.1, 0.15) is 10.7 Å². The summed E-state index contributed by atoms with van der Waals surface area (Å²) in [5, 5.41) is 3.71. The Kier molecular flexibility index (Phi) is 2.33. The minimum absolute atomic E-state index is 0.286. The molecule has 13 heavy (non-hydrogen) atoms. The van der Waals surface area contributed by atoms with Crippen molar-refractivity contribution >= 4 is 22.9 Å². The molecule has 2 aromatic rings. The van der Waals surface area contributed by atoms with E-state index in [2.05, 4.69) is 10.1 Å². The molecule has 0 aliphatic rings. The molecule has 5 heteroatoms. The van der Waals surface area contributed by atoms with Gasteiger partial charge in [0.1, 0.15) is 0 Å². The predicted molar refractivity (Wildman–Crippen MR) is 51.9 cm³/mol. The second-order valence-electron chi connectivity index (χ2n) is 2.56. The smallest absolute Gasteiger partial charge is 0.268 e. The minimum Gasteiger partial charge on any atom is -0.333 e. The van der Waals surface area contributed by atoms with Crippen LogP contribution in [0, 0.1) is 6.92 Å². The lowest BCUT2D eigenvalue weighted by Gasteiger charge is -1.82. The molecule has 2 heterocycles. The third-order valence-corrected chi connectivity index (χ3v) is 2.77. The number of halogens is 1. The van der Waals surface area contributed by atoms with Gasteiger partial charge in [-0.1, -0.05) is 5.16 Å². The van der Waals surface area contributed by atoms with Crippen LogP contribution in [0.25, 0.3) is 10.8 Å². The Bertz CT molecular complexity index is 410. The van der Waals surface area contributed by atoms with Crippen molar-refractivity contribution in [1.82, 2.24) is 10.1 Å². The Morgan fingerprint density at radius 2 is 2.38 bits per heavy atom. The molecule has 0 aromatic carbocycles. The number of nitrogens with zero attached hydrogens (tertiary/aromatic N) is 2. The van der Waals surface area contributed by atoms with Crippen molar-refractivity contribution in [2.75, 3.05) is 0 Å². The standard InChI is InChI=1S/C8H7ClN2OS/c1-5-2-3-6(13-5)8-10-7(4-9)11-12-8/h2-3H,4H2,1H3. The third kappa shape index (κ3) is 1.73. The van der Waals surface area contributed by atoms with Crippen LogP contribution in [0.2, 0.25) is 0 Å². The van der Waals surface area contributed by atoms with Gasteiger partial charge in [-0.15, -0.1) is 22.9 Å². The summed E-state index contributed by atoms with van der Waals surface area (Å²) < 4.78 is 5.02. The zero-order valence-electron chi connectivity index (χ0n) is 6.95. The quantitative estimate of drug-likeness (QED) is 0.722. The molecule has 0 saturated carbocycles. The summed E-state index contributed by atoms with van der Waals surface area (Å²) in [7, 11) is 0. The van der Waals surface area contributed by atoms with E-state index in [4.69, 9.17) is 16.1 Å². The van der Waals surface area contributed by atoms with Gasteiger partial charge in [-0.25, -0.2) is 0 Å². The van der Waals surface area contributed by atoms with E-state index in [1.165, 1.54) is 4.88 Å². The minimum atomic E-state index is 0.286. The molecular weight excluding hydrogens is 208 g/mol. The zero-order chi connectivity index (χ0) is 9.26. The van der Waals surface area contributed by atoms with Gasteiger partial charge in [0, 0.05) is 4.88 Å². The highest BCUT2D eigenvalue weighted by Gasteiger charge is 2.09. The maximum Gasteiger partial charge on any atom is 0.268 e. The van der Waals surface area contributed by atoms with Crippen LogP contribution in [-0.4, -0.2) is 10.1 Å². The monoisotopic (exact) mass is 214 g/mol. The molecule has 0 N–H and O–H groups in total. The summed E-state index contributed by atoms with van der Waals surface area (Å²) in [5.41, 5.74) is 0. The molecule has 3 nitrogen and oxygen atoms in total. The summed E-state index contributed by atoms with van der Waals surface area (Å²) >= 11 is 7.18. The van der Waals surface area contributed by atoms with Crippen molar-refractivity contribution in [2.24, 2.45) is 0 Å². The Hall–Kier alpha value is -0.870. The van der Waals surface area contributed by atoms with E-state index in [9.17, 15) is 0 Å². The number of hydrogen-bond donors (Lipinski definition) is 0. The number of hydrogen-bond acceptors (Lipinski definition) is 4. The molecule has 68 valence electrons. The first-order valence-electron chi connectivity index (χ1n) is 3.75. The fraction of sp³-hybridized carbons (Fsp3) is 0.250. The lowest BCUT2D eigenvalue weighted by atomic mass is 10.4. The topological polar surface area (TPSA) is 38.9 Å². The summed E-state index contributed by atoms with van der Waals surface area (Å²) in [6, 6.07) is 3.98. The van der Waals surface area contributed by atoms with Crippen LogP contribution in [0.3, 0.4) is 0 Å². The van der Waals surface area contributed by atoms with E-state index in [1.807, 2.05) is 19.1 Å². The van der Waals surface area contributed by atoms with Gasteiger partial charge in [-0.3, -0.25) is 0 Å². The number of alkyl halides is 1. The first-order valence-corrected chi connectivity index (χ1v) is 5.10. The van der Waals surface area contributed by atoms with Crippen LogP contribution >= 0.6 is 22.9 Å². The van der Waals surface area contributed by atoms with Gasteiger partial charge in [0.05, 0.1) is 10.8 Å². The van der Waals surface area contributed by atoms with Crippen molar-refractivity contribution in [2.45, 2.75) is 12.8 Å². The van der Waals surface area contributed by atoms with Crippen molar-refractivity contribution < 1.29 is 4.52 Å². The van der Waals surface area contributed by atoms with Crippen molar-refractivity contribution in [3.8, 4) is 10.8 Å². The van der Waals surface area contributed by atoms with Gasteiger partial charge in [0.25, 0.3) is 5.89 Å². The van der Waals surface area contributed by atoms with E-state index >= 15 is 0 Å². The summed E-state index contributed by atoms with van der Waals surface area (Å²) in [6.07, 6.45) is 0. The van der Waals surface area contributed by atoms with E-state index < -0.39 is 0 Å². The van der Waals surface area contributed by atoms with Crippen molar-refractivity contribution in [3.05, 3.63) is 22.8 Å². The number of aryl methyl sites for hydroxylation is 1. The maximum atomic E-state index is 5.55. The van der Waals surface area contributed by atoms with E-state index in [0.717, 1.165) is 4.88 Å². The Morgan fingerprint density at radius 1 is 1.54 bits per heavy atom. The molecule has 0 aliphatic heterocycles. The SMILES string of the molecule is Cc1ccc(-c2nc(CCl)no2)s1. The Balaban J connectivity index is 2.35. The van der Waals surface area contributed by atoms with Crippen molar-refractivity contribution in [1.29, 1.82) is 0 Å². The first-order chi connectivity index (χ1) is 6.29. The number of rotatable bonds is 2. The van der Waals surface area contributed by atoms with Crippen LogP contribution in [0.4, 0.5) is 0 Å². The van der Waals surface area contributed by atoms with Gasteiger partial charge in [0.2, 0.25) is 0 Å². The highest BCUT2D eigenvalue weighted by atomic mass is 35.5. The highest BCUT2D eigenvalue weighted by molar-refractivity contribution is 7.15. The molecule has 0 aliphatic carbocycles. The summed E-state index contributed by atoms with van der Waals surface area (Å²) in [5.74, 6) is 1.37. The molecule has 0 fully saturated rings. The second kappa shape index (κ2) is 3.47. The number of thiophene rings is 1. The summed E-state index contributed by atoms with van der Waals surface area (Å²) in [6.45, 7) is 2.03. The molecule has 2 aromatic heterocycles. The molecule has 0 spiro atoms. The van der Waals surface area contributed by atoms with E-state index in [0.29, 0.717) is 11.7 Å². The lowest BCUT2D eigenvalue weighted by Crippen LogP contribution is -1.78. The first kappa shape index (κ1) is 8.72. The fourth-order valence-electron chi connectivity index (χ4n) is 0.958. The molecule has 0 radical (unpaired) electrons. The van der Waals surface area contributed by atoms with Crippen LogP contribution < -0.4 is 0 Å². The second-order valence-corrected chi connectivity index (χ2v) is 4.11. The van der Waals surface area contributed by atoms with Crippen LogP contribution in [0.5, 0.6) is 0 Å². The van der Waals surface area contributed by atoms with E-state index in [1.54, 1.807) is 11.3 Å². The lowest BCUT2D eigenvalue weighted by molar-refractivity contribution is 0.426. The largest absolute Gasteiger partial charge is 0.333 e. The molecule has 0 unspecified atom stereocenters. The summed E-state index contributed by atoms with van der Waals surface area (Å²) in [4.78, 5) is 6.32. The molecule has 2 rings (SSSR count). The molecule has 0 bridgehead atoms. The average Bonchev–Trinajstić information content (AvgIpc) is 2.71.